The van der Waals surface area contributed by atoms with Gasteiger partial charge in [-0.05, 0) is 32.9 Å². The molecule has 0 fully saturated rings. The van der Waals surface area contributed by atoms with Crippen LogP contribution in [0.15, 0.2) is 41.5 Å². The molecule has 14 heteroatoms. The van der Waals surface area contributed by atoms with Crippen molar-refractivity contribution in [2.24, 2.45) is 0 Å². The van der Waals surface area contributed by atoms with Crippen LogP contribution >= 0.6 is 0 Å². The first-order chi connectivity index (χ1) is 16.9. The van der Waals surface area contributed by atoms with Crippen molar-refractivity contribution in [1.29, 1.82) is 0 Å². The molecule has 3 rings (SSSR count). The van der Waals surface area contributed by atoms with Crippen LogP contribution in [0, 0.1) is 5.82 Å². The molecule has 3 heterocycles. The molecule has 37 heavy (non-hydrogen) atoms. The number of carbonyl (C=O) groups excluding carboxylic acids is 1. The third kappa shape index (κ3) is 5.78. The maximum absolute atomic E-state index is 15.2. The number of hydrogen-bond acceptors (Lipinski definition) is 5. The molecule has 0 aromatic carbocycles. The number of ether oxygens (including phenoxy) is 1. The molecule has 0 saturated carbocycles. The van der Waals surface area contributed by atoms with Crippen LogP contribution < -0.4 is 20.0 Å². The van der Waals surface area contributed by atoms with Gasteiger partial charge in [-0.15, -0.1) is 0 Å². The fraction of sp³-hybridized carbons (Fsp3) is 0.391. The van der Waals surface area contributed by atoms with Gasteiger partial charge in [0.25, 0.3) is 5.56 Å². The number of pyridine rings is 3. The molecule has 0 aliphatic heterocycles. The van der Waals surface area contributed by atoms with Crippen molar-refractivity contribution in [3.05, 3.63) is 52.8 Å². The Balaban J connectivity index is 2.08. The lowest BCUT2D eigenvalue weighted by molar-refractivity contribution is -0.877. The van der Waals surface area contributed by atoms with Gasteiger partial charge in [0.2, 0.25) is 12.0 Å². The summed E-state index contributed by atoms with van der Waals surface area (Å²) in [5.41, 5.74) is -2.50. The van der Waals surface area contributed by atoms with E-state index in [1.54, 1.807) is 20.8 Å². The summed E-state index contributed by atoms with van der Waals surface area (Å²) in [5, 5.41) is 0.0413. The summed E-state index contributed by atoms with van der Waals surface area (Å²) in [6.07, 6.45) is -4.49. The first-order valence-corrected chi connectivity index (χ1v) is 10.7. The third-order valence-corrected chi connectivity index (χ3v) is 5.11. The normalized spacial score (nSPS) is 12.5. The zero-order valence-corrected chi connectivity index (χ0v) is 20.4. The molecule has 3 aromatic rings. The summed E-state index contributed by atoms with van der Waals surface area (Å²) in [4.78, 5) is 34.7. The summed E-state index contributed by atoms with van der Waals surface area (Å²) in [6.45, 7) is 3.03. The Hall–Kier alpha value is -3.84. The van der Waals surface area contributed by atoms with Gasteiger partial charge in [-0.25, -0.2) is 9.78 Å². The second-order valence-corrected chi connectivity index (χ2v) is 9.03. The van der Waals surface area contributed by atoms with Crippen molar-refractivity contribution in [3.63, 3.8) is 0 Å². The topological polar surface area (TPSA) is 77.5 Å². The van der Waals surface area contributed by atoms with Crippen LogP contribution in [0.5, 0.6) is 0 Å². The van der Waals surface area contributed by atoms with Crippen molar-refractivity contribution < 1.29 is 45.4 Å². The highest BCUT2D eigenvalue weighted by Crippen LogP contribution is 2.37. The number of fused-ring (bicyclic) bond motifs is 1. The molecule has 8 nitrogen and oxygen atoms in total. The van der Waals surface area contributed by atoms with Crippen LogP contribution in [0.1, 0.15) is 20.8 Å². The van der Waals surface area contributed by atoms with Crippen molar-refractivity contribution >= 4 is 22.7 Å². The van der Waals surface area contributed by atoms with Gasteiger partial charge in [-0.1, -0.05) is 0 Å². The lowest BCUT2D eigenvalue weighted by Gasteiger charge is -2.24. The Kier molecular flexibility index (Phi) is 7.17. The van der Waals surface area contributed by atoms with Gasteiger partial charge in [0.1, 0.15) is 24.1 Å². The summed E-state index contributed by atoms with van der Waals surface area (Å²) in [5.74, 6) is -6.08. The number of halogens is 6. The van der Waals surface area contributed by atoms with Gasteiger partial charge in [0.05, 0.1) is 18.3 Å². The van der Waals surface area contributed by atoms with Gasteiger partial charge in [0.15, 0.2) is 0 Å². The van der Waals surface area contributed by atoms with E-state index in [0.29, 0.717) is 0 Å². The minimum atomic E-state index is -5.87. The molecule has 0 radical (unpaired) electrons. The monoisotopic (exact) mass is 533 g/mol. The number of amides is 1. The minimum absolute atomic E-state index is 0.0413. The largest absolute Gasteiger partial charge is 0.455 e. The summed E-state index contributed by atoms with van der Waals surface area (Å²) < 4.78 is 87.2. The third-order valence-electron chi connectivity index (χ3n) is 5.11. The highest BCUT2D eigenvalue weighted by Gasteiger charge is 2.57. The number of hydrogen-bond donors (Lipinski definition) is 0. The Labute approximate surface area is 206 Å². The van der Waals surface area contributed by atoms with Gasteiger partial charge >= 0.3 is 23.9 Å². The van der Waals surface area contributed by atoms with Gasteiger partial charge < -0.3 is 9.30 Å². The zero-order chi connectivity index (χ0) is 27.9. The van der Waals surface area contributed by atoms with Gasteiger partial charge in [-0.3, -0.25) is 14.5 Å². The van der Waals surface area contributed by atoms with Crippen molar-refractivity contribution in [2.75, 3.05) is 19.1 Å². The first-order valence-electron chi connectivity index (χ1n) is 10.7. The quantitative estimate of drug-likeness (QED) is 0.365. The van der Waals surface area contributed by atoms with E-state index >= 15 is 4.39 Å². The van der Waals surface area contributed by atoms with Crippen LogP contribution in [-0.2, 0) is 11.3 Å². The Morgan fingerprint density at radius 2 is 1.78 bits per heavy atom. The lowest BCUT2D eigenvalue weighted by atomic mass is 10.1. The highest BCUT2D eigenvalue weighted by molar-refractivity contribution is 5.87. The first kappa shape index (κ1) is 27.7. The van der Waals surface area contributed by atoms with Gasteiger partial charge in [-0.2, -0.15) is 26.3 Å². The van der Waals surface area contributed by atoms with Crippen LogP contribution in [0.4, 0.5) is 36.8 Å². The molecule has 0 bridgehead atoms. The van der Waals surface area contributed by atoms with Crippen molar-refractivity contribution in [2.45, 2.75) is 45.0 Å². The number of carbonyl (C=O) groups is 1. The fourth-order valence-electron chi connectivity index (χ4n) is 3.30. The van der Waals surface area contributed by atoms with E-state index in [1.165, 1.54) is 32.5 Å². The molecule has 0 saturated heterocycles. The summed E-state index contributed by atoms with van der Waals surface area (Å²) in [7, 11) is 2.56. The Morgan fingerprint density at radius 1 is 1.14 bits per heavy atom. The predicted molar refractivity (Wildman–Crippen MR) is 120 cm³/mol. The van der Waals surface area contributed by atoms with Crippen LogP contribution in [0.25, 0.3) is 22.3 Å². The number of aromatic nitrogens is 3. The van der Waals surface area contributed by atoms with E-state index in [-0.39, 0.29) is 32.5 Å². The molecule has 0 spiro atoms. The number of nitrogens with zero attached hydrogens (tertiary/aromatic N) is 4. The van der Waals surface area contributed by atoms with E-state index in [4.69, 9.17) is 9.57 Å². The average molecular weight is 533 g/mol. The molecule has 200 valence electrons. The molecule has 0 atom stereocenters. The number of anilines is 1. The predicted octanol–water partition coefficient (Wildman–Crippen LogP) is 4.12. The van der Waals surface area contributed by atoms with E-state index < -0.39 is 41.7 Å². The summed E-state index contributed by atoms with van der Waals surface area (Å²) in [6, 6.07) is 4.20. The van der Waals surface area contributed by atoms with E-state index in [2.05, 4.69) is 4.98 Å². The van der Waals surface area contributed by atoms with Crippen LogP contribution in [0.2, 0.25) is 0 Å². The fourth-order valence-corrected chi connectivity index (χ4v) is 3.30. The smallest absolute Gasteiger partial charge is 0.443 e. The highest BCUT2D eigenvalue weighted by atomic mass is 19.4. The lowest BCUT2D eigenvalue weighted by Crippen LogP contribution is -2.45. The second kappa shape index (κ2) is 9.56. The molecule has 1 amide bonds. The van der Waals surface area contributed by atoms with Crippen LogP contribution in [-0.4, -0.2) is 47.5 Å². The maximum atomic E-state index is 15.2. The Morgan fingerprint density at radius 3 is 2.35 bits per heavy atom. The molecule has 0 N–H and O–H groups in total. The molecule has 0 aliphatic rings. The zero-order valence-electron chi connectivity index (χ0n) is 20.4. The van der Waals surface area contributed by atoms with Gasteiger partial charge in [0, 0.05) is 29.3 Å². The average Bonchev–Trinajstić information content (AvgIpc) is 2.77. The van der Waals surface area contributed by atoms with E-state index in [1.807, 2.05) is 0 Å². The number of alkyl halides is 5. The van der Waals surface area contributed by atoms with Crippen molar-refractivity contribution in [1.82, 2.24) is 9.55 Å². The van der Waals surface area contributed by atoms with E-state index in [9.17, 15) is 31.5 Å². The van der Waals surface area contributed by atoms with E-state index in [0.717, 1.165) is 28.0 Å². The molecular weight excluding hydrogens is 510 g/mol. The minimum Gasteiger partial charge on any atom is -0.443 e. The van der Waals surface area contributed by atoms with Crippen LogP contribution in [0.3, 0.4) is 0 Å². The molecule has 0 unspecified atom stereocenters. The SMILES string of the molecule is CO[n+]1cc(N(C)C(=O)OC(C)(C)C)cc(F)c1-c1cc2ccc(=O)n(CC(F)(F)C(F)(F)F)c2cn1. The molecule has 3 aromatic heterocycles. The number of rotatable bonds is 5. The second-order valence-electron chi connectivity index (χ2n) is 9.03. The standard InChI is InChI=1S/C23H23F6N4O4/c1-21(2,3)37-20(35)31(4)14-9-15(24)19(33(11-14)36-5)16-8-13-6-7-18(34)32(17(13)10-30-16)12-22(25,26)23(27,28)29/h6-11H,12H2,1-5H3/q+1. The van der Waals surface area contributed by atoms with Crippen molar-refractivity contribution in [3.8, 4) is 11.4 Å². The maximum Gasteiger partial charge on any atom is 0.455 e. The summed E-state index contributed by atoms with van der Waals surface area (Å²) >= 11 is 0. The molecular formula is C23H23F6N4O4+. The molecule has 0 aliphatic carbocycles. The Bertz CT molecular complexity index is 1400.